The van der Waals surface area contributed by atoms with Crippen molar-refractivity contribution < 1.29 is 14.7 Å². The lowest BCUT2D eigenvalue weighted by molar-refractivity contribution is -0.143. The molecule has 3 N–H and O–H groups in total. The summed E-state index contributed by atoms with van der Waals surface area (Å²) < 4.78 is 0. The van der Waals surface area contributed by atoms with Crippen molar-refractivity contribution in [2.45, 2.75) is 18.9 Å². The zero-order chi connectivity index (χ0) is 20.4. The summed E-state index contributed by atoms with van der Waals surface area (Å²) in [5.74, 6) is -0.634. The number of nitrogens with one attached hydrogen (secondary N) is 2. The second kappa shape index (κ2) is 8.23. The molecule has 0 spiro atoms. The molecule has 2 heterocycles. The van der Waals surface area contributed by atoms with Crippen LogP contribution in [0.3, 0.4) is 0 Å². The lowest BCUT2D eigenvalue weighted by atomic mass is 9.95. The van der Waals surface area contributed by atoms with Crippen molar-refractivity contribution in [3.63, 3.8) is 0 Å². The fourth-order valence-corrected chi connectivity index (χ4v) is 3.87. The summed E-state index contributed by atoms with van der Waals surface area (Å²) in [5, 5.41) is 21.5. The van der Waals surface area contributed by atoms with Gasteiger partial charge in [-0.1, -0.05) is 29.8 Å². The predicted octanol–water partition coefficient (Wildman–Crippen LogP) is 3.13. The van der Waals surface area contributed by atoms with Crippen LogP contribution in [-0.2, 0) is 9.59 Å². The van der Waals surface area contributed by atoms with Crippen LogP contribution in [0.1, 0.15) is 24.5 Å². The van der Waals surface area contributed by atoms with E-state index >= 15 is 0 Å². The monoisotopic (exact) mass is 412 g/mol. The van der Waals surface area contributed by atoms with Gasteiger partial charge in [0.1, 0.15) is 0 Å². The minimum atomic E-state index is -1.30. The summed E-state index contributed by atoms with van der Waals surface area (Å²) in [6, 6.07) is 12.3. The number of piperidine rings is 1. The molecule has 1 saturated heterocycles. The third-order valence-corrected chi connectivity index (χ3v) is 5.66. The number of anilines is 1. The molecule has 1 atom stereocenters. The number of carbonyl (C=O) groups is 2. The Labute approximate surface area is 172 Å². The predicted molar refractivity (Wildman–Crippen MR) is 110 cm³/mol. The van der Waals surface area contributed by atoms with Crippen molar-refractivity contribution in [2.75, 3.05) is 18.4 Å². The average molecular weight is 413 g/mol. The number of fused-ring (bicyclic) bond motifs is 1. The molecule has 4 rings (SSSR count). The van der Waals surface area contributed by atoms with Crippen molar-refractivity contribution in [2.24, 2.45) is 5.92 Å². The summed E-state index contributed by atoms with van der Waals surface area (Å²) in [5.41, 5.74) is 2.03. The Morgan fingerprint density at radius 3 is 2.72 bits per heavy atom. The molecule has 2 aromatic carbocycles. The maximum absolute atomic E-state index is 12.6. The van der Waals surface area contributed by atoms with E-state index in [1.807, 2.05) is 18.2 Å². The summed E-state index contributed by atoms with van der Waals surface area (Å²) in [6.07, 6.45) is 1.50. The van der Waals surface area contributed by atoms with Crippen LogP contribution in [0.5, 0.6) is 0 Å². The van der Waals surface area contributed by atoms with Gasteiger partial charge in [-0.25, -0.2) is 0 Å². The molecule has 0 aliphatic carbocycles. The normalized spacial score (nSPS) is 16.0. The van der Waals surface area contributed by atoms with Gasteiger partial charge in [-0.05, 0) is 37.1 Å². The maximum Gasteiger partial charge on any atom is 0.256 e. The molecule has 150 valence electrons. The molecule has 0 radical (unpaired) electrons. The lowest BCUT2D eigenvalue weighted by Crippen LogP contribution is -2.43. The van der Waals surface area contributed by atoms with E-state index in [0.717, 1.165) is 16.6 Å². The number of amides is 2. The molecule has 1 fully saturated rings. The molecule has 7 nitrogen and oxygen atoms in total. The van der Waals surface area contributed by atoms with E-state index in [9.17, 15) is 14.7 Å². The molecular formula is C21H21ClN4O3. The van der Waals surface area contributed by atoms with Gasteiger partial charge in [0.15, 0.2) is 6.10 Å². The van der Waals surface area contributed by atoms with E-state index in [-0.39, 0.29) is 17.7 Å². The minimum absolute atomic E-state index is 0.0633. The maximum atomic E-state index is 12.6. The van der Waals surface area contributed by atoms with E-state index < -0.39 is 6.10 Å². The van der Waals surface area contributed by atoms with Gasteiger partial charge in [-0.2, -0.15) is 5.10 Å². The van der Waals surface area contributed by atoms with Gasteiger partial charge in [-0.3, -0.25) is 14.7 Å². The highest BCUT2D eigenvalue weighted by Crippen LogP contribution is 2.27. The van der Waals surface area contributed by atoms with E-state index in [1.54, 1.807) is 35.4 Å². The summed E-state index contributed by atoms with van der Waals surface area (Å²) in [7, 11) is 0. The van der Waals surface area contributed by atoms with Crippen molar-refractivity contribution >= 4 is 40.0 Å². The first-order valence-electron chi connectivity index (χ1n) is 9.48. The Morgan fingerprint density at radius 1 is 1.21 bits per heavy atom. The van der Waals surface area contributed by atoms with E-state index in [4.69, 9.17) is 11.6 Å². The highest BCUT2D eigenvalue weighted by molar-refractivity contribution is 6.31. The number of rotatable bonds is 4. The second-order valence-electron chi connectivity index (χ2n) is 7.18. The number of nitrogens with zero attached hydrogens (tertiary/aromatic N) is 2. The number of aliphatic hydroxyl groups excluding tert-OH is 1. The highest BCUT2D eigenvalue weighted by Gasteiger charge is 2.31. The molecule has 8 heteroatoms. The fourth-order valence-electron chi connectivity index (χ4n) is 3.63. The number of aliphatic hydroxyl groups is 1. The molecule has 1 aliphatic rings. The second-order valence-corrected chi connectivity index (χ2v) is 7.59. The Balaban J connectivity index is 1.34. The van der Waals surface area contributed by atoms with Crippen molar-refractivity contribution in [1.82, 2.24) is 15.1 Å². The number of H-pyrrole nitrogens is 1. The van der Waals surface area contributed by atoms with Crippen LogP contribution in [0.2, 0.25) is 5.02 Å². The Kier molecular flexibility index (Phi) is 5.51. The van der Waals surface area contributed by atoms with Crippen LogP contribution in [0.4, 0.5) is 5.69 Å². The van der Waals surface area contributed by atoms with Crippen molar-refractivity contribution in [3.8, 4) is 0 Å². The van der Waals surface area contributed by atoms with Gasteiger partial charge in [0.05, 0.1) is 11.7 Å². The number of carbonyl (C=O) groups excluding carboxylic acids is 2. The average Bonchev–Trinajstić information content (AvgIpc) is 3.21. The van der Waals surface area contributed by atoms with Crippen molar-refractivity contribution in [3.05, 3.63) is 59.2 Å². The van der Waals surface area contributed by atoms with Crippen LogP contribution in [0.15, 0.2) is 48.7 Å². The summed E-state index contributed by atoms with van der Waals surface area (Å²) in [6.45, 7) is 0.832. The Bertz CT molecular complexity index is 1040. The van der Waals surface area contributed by atoms with Gasteiger partial charge < -0.3 is 15.3 Å². The lowest BCUT2D eigenvalue weighted by Gasteiger charge is -2.32. The van der Waals surface area contributed by atoms with Gasteiger partial charge in [0.25, 0.3) is 5.91 Å². The quantitative estimate of drug-likeness (QED) is 0.613. The number of aromatic amines is 1. The molecular weight excluding hydrogens is 392 g/mol. The van der Waals surface area contributed by atoms with Crippen LogP contribution in [-0.4, -0.2) is 45.1 Å². The molecule has 29 heavy (non-hydrogen) atoms. The number of hydrogen-bond donors (Lipinski definition) is 3. The van der Waals surface area contributed by atoms with E-state index in [1.165, 1.54) is 0 Å². The zero-order valence-electron chi connectivity index (χ0n) is 15.6. The summed E-state index contributed by atoms with van der Waals surface area (Å²) in [4.78, 5) is 26.8. The largest absolute Gasteiger partial charge is 0.378 e. The number of hydrogen-bond acceptors (Lipinski definition) is 4. The fraction of sp³-hybridized carbons (Fsp3) is 0.286. The number of halogens is 1. The topological polar surface area (TPSA) is 98.3 Å². The number of aromatic nitrogens is 2. The molecule has 0 saturated carbocycles. The molecule has 1 aliphatic heterocycles. The first-order chi connectivity index (χ1) is 14.0. The SMILES string of the molecule is O=C(Nc1ccc2[nH]ncc2c1)C1CCN(C(=O)[C@@H](O)c2ccccc2Cl)CC1. The van der Waals surface area contributed by atoms with Crippen molar-refractivity contribution in [1.29, 1.82) is 0 Å². The third kappa shape index (κ3) is 4.11. The first-order valence-corrected chi connectivity index (χ1v) is 9.86. The number of likely N-dealkylation sites (tertiary alicyclic amines) is 1. The Hall–Kier alpha value is -2.90. The molecule has 0 unspecified atom stereocenters. The van der Waals surface area contributed by atoms with Crippen LogP contribution in [0, 0.1) is 5.92 Å². The molecule has 0 bridgehead atoms. The molecule has 2 amide bonds. The highest BCUT2D eigenvalue weighted by atomic mass is 35.5. The van der Waals surface area contributed by atoms with Crippen LogP contribution >= 0.6 is 11.6 Å². The summed E-state index contributed by atoms with van der Waals surface area (Å²) >= 11 is 6.08. The smallest absolute Gasteiger partial charge is 0.256 e. The Morgan fingerprint density at radius 2 is 1.97 bits per heavy atom. The minimum Gasteiger partial charge on any atom is -0.378 e. The standard InChI is InChI=1S/C21H21ClN4O3/c22-17-4-2-1-3-16(17)19(27)21(29)26-9-7-13(8-10-26)20(28)24-15-5-6-18-14(11-15)12-23-25-18/h1-6,11-13,19,27H,7-10H2,(H,23,25)(H,24,28)/t19-/m0/s1. The van der Waals surface area contributed by atoms with Gasteiger partial charge >= 0.3 is 0 Å². The molecule has 1 aromatic heterocycles. The van der Waals surface area contributed by atoms with Gasteiger partial charge in [0, 0.05) is 40.7 Å². The zero-order valence-corrected chi connectivity index (χ0v) is 16.4. The van der Waals surface area contributed by atoms with E-state index in [2.05, 4.69) is 15.5 Å². The van der Waals surface area contributed by atoms with Crippen LogP contribution < -0.4 is 5.32 Å². The number of benzene rings is 2. The van der Waals surface area contributed by atoms with Crippen LogP contribution in [0.25, 0.3) is 10.9 Å². The third-order valence-electron chi connectivity index (χ3n) is 5.32. The van der Waals surface area contributed by atoms with E-state index in [0.29, 0.717) is 36.5 Å². The first kappa shape index (κ1) is 19.4. The molecule has 3 aromatic rings. The van der Waals surface area contributed by atoms with Gasteiger partial charge in [-0.15, -0.1) is 0 Å². The van der Waals surface area contributed by atoms with Gasteiger partial charge in [0.2, 0.25) is 5.91 Å².